The Balaban J connectivity index is 1.57. The van der Waals surface area contributed by atoms with Gasteiger partial charge in [0, 0.05) is 13.0 Å². The summed E-state index contributed by atoms with van der Waals surface area (Å²) in [6.07, 6.45) is -1.21. The number of amides is 5. The SMILES string of the molecule is CC[C@H]1COC(=O)N1c1noc2c(F)c3c(cc12)CC1(C(=O)NC(=O)NC1=O)[C@@H]1[C@@H](C)O[C@@H](C)CN31. The molecule has 1 aromatic heterocycles. The molecule has 3 fully saturated rings. The molecular weight excluding hydrogens is 477 g/mol. The van der Waals surface area contributed by atoms with Gasteiger partial charge in [-0.1, -0.05) is 12.1 Å². The zero-order chi connectivity index (χ0) is 25.5. The zero-order valence-electron chi connectivity index (χ0n) is 19.8. The number of carbonyl (C=O) groups is 4. The maximum atomic E-state index is 16.2. The largest absolute Gasteiger partial charge is 0.447 e. The number of hydrogen-bond acceptors (Lipinski definition) is 9. The average Bonchev–Trinajstić information content (AvgIpc) is 3.39. The average molecular weight is 501 g/mol. The number of nitrogens with one attached hydrogen (secondary N) is 2. The van der Waals surface area contributed by atoms with Crippen LogP contribution in [0, 0.1) is 11.2 Å². The van der Waals surface area contributed by atoms with E-state index in [4.69, 9.17) is 14.0 Å². The molecule has 1 spiro atoms. The predicted molar refractivity (Wildman–Crippen MR) is 121 cm³/mol. The van der Waals surface area contributed by atoms with Crippen LogP contribution >= 0.6 is 0 Å². The fourth-order valence-electron chi connectivity index (χ4n) is 6.13. The highest BCUT2D eigenvalue weighted by Gasteiger charge is 2.63. The summed E-state index contributed by atoms with van der Waals surface area (Å²) in [5.41, 5.74) is -1.37. The number of hydrogen-bond donors (Lipinski definition) is 2. The van der Waals surface area contributed by atoms with Gasteiger partial charge in [-0.2, -0.15) is 0 Å². The predicted octanol–water partition coefficient (Wildman–Crippen LogP) is 1.59. The highest BCUT2D eigenvalue weighted by molar-refractivity contribution is 6.20. The first kappa shape index (κ1) is 22.7. The third-order valence-corrected chi connectivity index (χ3v) is 7.61. The standard InChI is InChI=1S/C23H24FN5O7/c1-4-12-8-34-22(33)29(12)18-13-5-11-6-23(19(30)25-21(32)26-20(23)31)17-10(3)35-9(2)7-28(17)15(11)14(24)16(13)36-27-18/h5,9-10,12,17H,4,6-8H2,1-3H3,(H2,25,26,30,31,32)/t9-,10+,12-,17-/m0/s1. The summed E-state index contributed by atoms with van der Waals surface area (Å²) < 4.78 is 32.7. The Labute approximate surface area is 204 Å². The van der Waals surface area contributed by atoms with Crippen molar-refractivity contribution in [2.24, 2.45) is 5.41 Å². The first-order chi connectivity index (χ1) is 17.2. The maximum Gasteiger partial charge on any atom is 0.416 e. The van der Waals surface area contributed by atoms with Gasteiger partial charge in [0.1, 0.15) is 6.61 Å². The normalized spacial score (nSPS) is 29.2. The Kier molecular flexibility index (Phi) is 4.81. The second-order valence-electron chi connectivity index (χ2n) is 9.72. The van der Waals surface area contributed by atoms with Gasteiger partial charge in [-0.25, -0.2) is 14.0 Å². The van der Waals surface area contributed by atoms with E-state index in [1.807, 2.05) is 13.8 Å². The summed E-state index contributed by atoms with van der Waals surface area (Å²) in [7, 11) is 0. The third-order valence-electron chi connectivity index (χ3n) is 7.61. The van der Waals surface area contributed by atoms with Gasteiger partial charge in [-0.05, 0) is 31.9 Å². The number of nitrogens with zero attached hydrogens (tertiary/aromatic N) is 3. The Morgan fingerprint density at radius 1 is 1.19 bits per heavy atom. The first-order valence-electron chi connectivity index (χ1n) is 11.8. The minimum atomic E-state index is -1.75. The number of carbonyl (C=O) groups excluding carboxylic acids is 4. The van der Waals surface area contributed by atoms with Gasteiger partial charge in [0.25, 0.3) is 0 Å². The summed E-state index contributed by atoms with van der Waals surface area (Å²) in [4.78, 5) is 53.9. The van der Waals surface area contributed by atoms with E-state index in [0.29, 0.717) is 12.0 Å². The van der Waals surface area contributed by atoms with Crippen molar-refractivity contribution < 1.29 is 37.6 Å². The highest BCUT2D eigenvalue weighted by Crippen LogP contribution is 2.50. The van der Waals surface area contributed by atoms with E-state index >= 15 is 4.39 Å². The lowest BCUT2D eigenvalue weighted by atomic mass is 9.66. The molecule has 36 heavy (non-hydrogen) atoms. The molecule has 13 heteroatoms. The molecule has 4 aliphatic heterocycles. The van der Waals surface area contributed by atoms with Gasteiger partial charge >= 0.3 is 12.1 Å². The van der Waals surface area contributed by atoms with E-state index in [9.17, 15) is 19.2 Å². The van der Waals surface area contributed by atoms with E-state index < -0.39 is 47.3 Å². The minimum absolute atomic E-state index is 0.105. The number of halogens is 1. The lowest BCUT2D eigenvalue weighted by molar-refractivity contribution is -0.153. The van der Waals surface area contributed by atoms with Crippen molar-refractivity contribution in [2.45, 2.75) is 57.9 Å². The number of benzene rings is 1. The summed E-state index contributed by atoms with van der Waals surface area (Å²) in [6, 6.07) is -0.506. The fourth-order valence-corrected chi connectivity index (χ4v) is 6.13. The molecule has 0 saturated carbocycles. The molecule has 0 unspecified atom stereocenters. The number of urea groups is 1. The van der Waals surface area contributed by atoms with Crippen molar-refractivity contribution in [3.05, 3.63) is 17.4 Å². The van der Waals surface area contributed by atoms with Gasteiger partial charge in [0.2, 0.25) is 17.4 Å². The lowest BCUT2D eigenvalue weighted by Crippen LogP contribution is -2.75. The molecule has 12 nitrogen and oxygen atoms in total. The molecule has 0 bridgehead atoms. The van der Waals surface area contributed by atoms with Crippen LogP contribution in [0.25, 0.3) is 11.0 Å². The minimum Gasteiger partial charge on any atom is -0.447 e. The molecular formula is C23H24FN5O7. The number of ether oxygens (including phenoxy) is 2. The lowest BCUT2D eigenvalue weighted by Gasteiger charge is -2.55. The van der Waals surface area contributed by atoms with Gasteiger partial charge in [0.05, 0.1) is 35.4 Å². The second kappa shape index (κ2) is 7.63. The zero-order valence-corrected chi connectivity index (χ0v) is 19.8. The van der Waals surface area contributed by atoms with E-state index in [1.165, 1.54) is 4.90 Å². The molecule has 0 radical (unpaired) electrons. The van der Waals surface area contributed by atoms with Crippen LogP contribution in [0.5, 0.6) is 0 Å². The van der Waals surface area contributed by atoms with Gasteiger partial charge < -0.3 is 18.9 Å². The first-order valence-corrected chi connectivity index (χ1v) is 11.8. The van der Waals surface area contributed by atoms with Crippen LogP contribution in [0.15, 0.2) is 10.6 Å². The summed E-state index contributed by atoms with van der Waals surface area (Å²) in [5.74, 6) is -2.16. The Morgan fingerprint density at radius 2 is 1.92 bits per heavy atom. The quantitative estimate of drug-likeness (QED) is 0.587. The number of barbiturate groups is 1. The van der Waals surface area contributed by atoms with Crippen LogP contribution in [0.2, 0.25) is 0 Å². The number of cyclic esters (lactones) is 1. The molecule has 4 atom stereocenters. The molecule has 190 valence electrons. The molecule has 4 aliphatic rings. The maximum absolute atomic E-state index is 16.2. The van der Waals surface area contributed by atoms with Gasteiger partial charge in [-0.3, -0.25) is 25.1 Å². The summed E-state index contributed by atoms with van der Waals surface area (Å²) in [6.45, 7) is 5.77. The van der Waals surface area contributed by atoms with Crippen LogP contribution in [-0.2, 0) is 25.5 Å². The smallest absolute Gasteiger partial charge is 0.416 e. The Hall–Kier alpha value is -3.74. The van der Waals surface area contributed by atoms with Crippen molar-refractivity contribution in [2.75, 3.05) is 23.0 Å². The van der Waals surface area contributed by atoms with Crippen molar-refractivity contribution >= 4 is 46.4 Å². The van der Waals surface area contributed by atoms with Crippen LogP contribution in [0.1, 0.15) is 32.8 Å². The van der Waals surface area contributed by atoms with E-state index in [-0.39, 0.29) is 54.2 Å². The van der Waals surface area contributed by atoms with Crippen molar-refractivity contribution in [1.29, 1.82) is 0 Å². The van der Waals surface area contributed by atoms with E-state index in [2.05, 4.69) is 15.8 Å². The number of aromatic nitrogens is 1. The summed E-state index contributed by atoms with van der Waals surface area (Å²) >= 11 is 0. The molecule has 3 saturated heterocycles. The fraction of sp³-hybridized carbons (Fsp3) is 0.522. The van der Waals surface area contributed by atoms with Gasteiger partial charge in [0.15, 0.2) is 17.1 Å². The van der Waals surface area contributed by atoms with Crippen molar-refractivity contribution in [3.63, 3.8) is 0 Å². The molecule has 5 amide bonds. The number of imide groups is 2. The third kappa shape index (κ3) is 2.85. The number of fused-ring (bicyclic) bond motifs is 5. The topological polar surface area (TPSA) is 143 Å². The molecule has 2 aromatic rings. The van der Waals surface area contributed by atoms with Crippen molar-refractivity contribution in [1.82, 2.24) is 15.8 Å². The van der Waals surface area contributed by atoms with Crippen molar-refractivity contribution in [3.8, 4) is 0 Å². The number of anilines is 2. The molecule has 1 aromatic carbocycles. The van der Waals surface area contributed by atoms with Crippen LogP contribution in [-0.4, -0.2) is 66.5 Å². The Bertz CT molecular complexity index is 1320. The second-order valence-corrected chi connectivity index (χ2v) is 9.72. The molecule has 6 rings (SSSR count). The monoisotopic (exact) mass is 501 g/mol. The molecule has 2 N–H and O–H groups in total. The van der Waals surface area contributed by atoms with E-state index in [1.54, 1.807) is 17.9 Å². The Morgan fingerprint density at radius 3 is 2.61 bits per heavy atom. The summed E-state index contributed by atoms with van der Waals surface area (Å²) in [5, 5.41) is 8.62. The number of morpholine rings is 1. The van der Waals surface area contributed by atoms with E-state index in [0.717, 1.165) is 0 Å². The molecule has 0 aliphatic carbocycles. The number of rotatable bonds is 2. The van der Waals surface area contributed by atoms with Crippen LogP contribution < -0.4 is 20.4 Å². The van der Waals surface area contributed by atoms with Gasteiger partial charge in [-0.15, -0.1) is 0 Å². The molecule has 5 heterocycles. The van der Waals surface area contributed by atoms with Crippen LogP contribution in [0.4, 0.5) is 25.5 Å². The highest BCUT2D eigenvalue weighted by atomic mass is 19.1. The van der Waals surface area contributed by atoms with Crippen LogP contribution in [0.3, 0.4) is 0 Å².